The van der Waals surface area contributed by atoms with Crippen LogP contribution in [0.15, 0.2) is 223 Å². The fourth-order valence-electron chi connectivity index (χ4n) is 6.36. The molecule has 0 radical (unpaired) electrons. The Bertz CT molecular complexity index is 3040. The van der Waals surface area contributed by atoms with E-state index in [9.17, 15) is 16.8 Å². The molecular formula is C52H34O8S3. The second-order valence-corrected chi connectivity index (χ2v) is 18.5. The van der Waals surface area contributed by atoms with E-state index in [1.54, 1.807) is 146 Å². The van der Waals surface area contributed by atoms with Crippen LogP contribution in [0, 0.1) is 24.7 Å². The lowest BCUT2D eigenvalue weighted by molar-refractivity contribution is 0.460. The van der Waals surface area contributed by atoms with Gasteiger partial charge in [0.2, 0.25) is 19.7 Å². The average Bonchev–Trinajstić information content (AvgIpc) is 3.31. The van der Waals surface area contributed by atoms with Gasteiger partial charge in [-0.05, 0) is 133 Å². The summed E-state index contributed by atoms with van der Waals surface area (Å²) in [5, 5.41) is 0. The minimum atomic E-state index is -4.11. The van der Waals surface area contributed by atoms with Crippen molar-refractivity contribution in [2.24, 2.45) is 0 Å². The summed E-state index contributed by atoms with van der Waals surface area (Å²) in [4.78, 5) is 1.67. The van der Waals surface area contributed by atoms with E-state index in [1.165, 1.54) is 36.0 Å². The second-order valence-electron chi connectivity index (χ2n) is 13.6. The zero-order valence-electron chi connectivity index (χ0n) is 33.1. The molecule has 0 bridgehead atoms. The molecule has 308 valence electrons. The Balaban J connectivity index is 0.947. The molecule has 8 rings (SSSR count). The van der Waals surface area contributed by atoms with E-state index in [4.69, 9.17) is 31.8 Å². The predicted molar refractivity (Wildman–Crippen MR) is 243 cm³/mol. The summed E-state index contributed by atoms with van der Waals surface area (Å²) < 4.78 is 80.9. The normalized spacial score (nSPS) is 11.1. The van der Waals surface area contributed by atoms with Crippen LogP contribution in [0.2, 0.25) is 0 Å². The Labute approximate surface area is 370 Å². The van der Waals surface area contributed by atoms with Gasteiger partial charge >= 0.3 is 0 Å². The van der Waals surface area contributed by atoms with Crippen LogP contribution in [-0.4, -0.2) is 16.8 Å². The molecule has 0 N–H and O–H groups in total. The van der Waals surface area contributed by atoms with Gasteiger partial charge in [-0.25, -0.2) is 16.8 Å². The smallest absolute Gasteiger partial charge is 0.213 e. The molecule has 0 amide bonds. The number of terminal acetylenes is 2. The highest BCUT2D eigenvalue weighted by Crippen LogP contribution is 2.40. The number of hydrogen-bond acceptors (Lipinski definition) is 9. The summed E-state index contributed by atoms with van der Waals surface area (Å²) >= 11 is 1.48. The minimum absolute atomic E-state index is 0.0269. The predicted octanol–water partition coefficient (Wildman–Crippen LogP) is 12.6. The Hall–Kier alpha value is -7.67. The molecule has 0 aliphatic carbocycles. The topological polar surface area (TPSA) is 105 Å². The van der Waals surface area contributed by atoms with Crippen molar-refractivity contribution < 1.29 is 35.8 Å². The number of ether oxygens (including phenoxy) is 4. The van der Waals surface area contributed by atoms with Crippen LogP contribution in [0.1, 0.15) is 11.1 Å². The molecule has 63 heavy (non-hydrogen) atoms. The molecule has 0 spiro atoms. The SMILES string of the molecule is C#Cc1cccc(Oc2ccccc2S(=O)(=O)c2ccccc2Oc2ccc(Sc3ccc(Oc4ccccc4S(=O)(=O)c4ccccc4Oc4cccc(C#C)c4)cc3)cc2)c1. The number of hydrogen-bond donors (Lipinski definition) is 0. The molecule has 0 fully saturated rings. The van der Waals surface area contributed by atoms with Crippen LogP contribution in [-0.2, 0) is 19.7 Å². The summed E-state index contributed by atoms with van der Waals surface area (Å²) in [6, 6.07) is 53.9. The quantitative estimate of drug-likeness (QED) is 0.0987. The zero-order valence-corrected chi connectivity index (χ0v) is 35.6. The number of para-hydroxylation sites is 4. The van der Waals surface area contributed by atoms with Crippen molar-refractivity contribution in [3.63, 3.8) is 0 Å². The third-order valence-electron chi connectivity index (χ3n) is 9.35. The van der Waals surface area contributed by atoms with E-state index in [1.807, 2.05) is 24.3 Å². The standard InChI is InChI=1S/C52H34O8S3/c1-3-37-15-13-17-41(35-37)59-47-21-7-11-25-51(47)62(53,54)49-23-9-5-19-45(49)57-39-27-31-43(32-28-39)61-44-33-29-40(30-34-44)58-46-20-6-10-24-50(46)63(55,56)52-26-12-8-22-48(52)60-42-18-14-16-38(4-2)36-42/h1-2,5-36H. The molecule has 8 nitrogen and oxygen atoms in total. The van der Waals surface area contributed by atoms with E-state index in [-0.39, 0.29) is 42.6 Å². The van der Waals surface area contributed by atoms with Gasteiger partial charge in [-0.15, -0.1) is 12.8 Å². The van der Waals surface area contributed by atoms with Gasteiger partial charge in [0.05, 0.1) is 0 Å². The Morgan fingerprint density at radius 3 is 0.968 bits per heavy atom. The molecule has 0 aromatic heterocycles. The Kier molecular flexibility index (Phi) is 12.4. The molecule has 8 aromatic carbocycles. The molecule has 0 aliphatic rings. The van der Waals surface area contributed by atoms with Gasteiger partial charge in [0.1, 0.15) is 65.6 Å². The lowest BCUT2D eigenvalue weighted by atomic mass is 10.2. The van der Waals surface area contributed by atoms with E-state index in [0.29, 0.717) is 34.1 Å². The molecule has 0 saturated heterocycles. The van der Waals surface area contributed by atoms with Crippen molar-refractivity contribution in [2.75, 3.05) is 0 Å². The van der Waals surface area contributed by atoms with Crippen molar-refractivity contribution in [1.29, 1.82) is 0 Å². The van der Waals surface area contributed by atoms with E-state index < -0.39 is 19.7 Å². The van der Waals surface area contributed by atoms with Crippen molar-refractivity contribution in [3.05, 3.63) is 205 Å². The third-order valence-corrected chi connectivity index (χ3v) is 14.0. The molecule has 11 heteroatoms. The molecule has 0 saturated carbocycles. The summed E-state index contributed by atoms with van der Waals surface area (Å²) in [6.07, 6.45) is 11.1. The van der Waals surface area contributed by atoms with Crippen molar-refractivity contribution >= 4 is 31.4 Å². The van der Waals surface area contributed by atoms with Gasteiger partial charge in [-0.2, -0.15) is 0 Å². The van der Waals surface area contributed by atoms with Crippen LogP contribution in [0.4, 0.5) is 0 Å². The molecule has 0 aliphatic heterocycles. The Morgan fingerprint density at radius 1 is 0.349 bits per heavy atom. The van der Waals surface area contributed by atoms with Crippen LogP contribution < -0.4 is 18.9 Å². The second kappa shape index (κ2) is 18.5. The first kappa shape index (κ1) is 42.0. The van der Waals surface area contributed by atoms with Gasteiger partial charge in [0.25, 0.3) is 0 Å². The molecular weight excluding hydrogens is 849 g/mol. The fraction of sp³-hybridized carbons (Fsp3) is 0. The highest BCUT2D eigenvalue weighted by atomic mass is 32.2. The minimum Gasteiger partial charge on any atom is -0.456 e. The van der Waals surface area contributed by atoms with Gasteiger partial charge in [-0.3, -0.25) is 0 Å². The summed E-state index contributed by atoms with van der Waals surface area (Å²) in [5.74, 6) is 7.38. The van der Waals surface area contributed by atoms with E-state index in [0.717, 1.165) is 9.79 Å². The number of rotatable bonds is 14. The van der Waals surface area contributed by atoms with Gasteiger partial charge in [0.15, 0.2) is 0 Å². The lowest BCUT2D eigenvalue weighted by Gasteiger charge is -2.15. The first-order chi connectivity index (χ1) is 30.6. The first-order valence-electron chi connectivity index (χ1n) is 19.2. The monoisotopic (exact) mass is 882 g/mol. The molecule has 0 atom stereocenters. The fourth-order valence-corrected chi connectivity index (χ4v) is 10.2. The largest absolute Gasteiger partial charge is 0.456 e. The first-order valence-corrected chi connectivity index (χ1v) is 23.0. The molecule has 0 unspecified atom stereocenters. The summed E-state index contributed by atoms with van der Waals surface area (Å²) in [6.45, 7) is 0. The van der Waals surface area contributed by atoms with Crippen LogP contribution >= 0.6 is 11.8 Å². The van der Waals surface area contributed by atoms with Crippen molar-refractivity contribution in [3.8, 4) is 70.7 Å². The van der Waals surface area contributed by atoms with E-state index >= 15 is 0 Å². The number of benzene rings is 8. The highest BCUT2D eigenvalue weighted by molar-refractivity contribution is 7.99. The van der Waals surface area contributed by atoms with Crippen LogP contribution in [0.3, 0.4) is 0 Å². The van der Waals surface area contributed by atoms with Crippen molar-refractivity contribution in [2.45, 2.75) is 29.4 Å². The van der Waals surface area contributed by atoms with Crippen LogP contribution in [0.5, 0.6) is 46.0 Å². The lowest BCUT2D eigenvalue weighted by Crippen LogP contribution is -2.06. The van der Waals surface area contributed by atoms with Crippen LogP contribution in [0.25, 0.3) is 0 Å². The molecule has 0 heterocycles. The number of sulfone groups is 2. The molecule has 8 aromatic rings. The summed E-state index contributed by atoms with van der Waals surface area (Å²) in [7, 11) is -8.22. The van der Waals surface area contributed by atoms with E-state index in [2.05, 4.69) is 11.8 Å². The maximum atomic E-state index is 14.1. The maximum absolute atomic E-state index is 14.1. The Morgan fingerprint density at radius 2 is 0.651 bits per heavy atom. The highest BCUT2D eigenvalue weighted by Gasteiger charge is 2.28. The third kappa shape index (κ3) is 9.62. The average molecular weight is 883 g/mol. The van der Waals surface area contributed by atoms with Gasteiger partial charge in [0, 0.05) is 20.9 Å². The maximum Gasteiger partial charge on any atom is 0.213 e. The summed E-state index contributed by atoms with van der Waals surface area (Å²) in [5.41, 5.74) is 1.20. The van der Waals surface area contributed by atoms with Gasteiger partial charge in [-0.1, -0.05) is 84.3 Å². The van der Waals surface area contributed by atoms with Crippen molar-refractivity contribution in [1.82, 2.24) is 0 Å². The zero-order chi connectivity index (χ0) is 43.8. The van der Waals surface area contributed by atoms with Gasteiger partial charge < -0.3 is 18.9 Å².